The molecule has 0 aromatic heterocycles. The van der Waals surface area contributed by atoms with Crippen molar-refractivity contribution in [3.05, 3.63) is 59.1 Å². The Kier molecular flexibility index (Phi) is 6.53. The third kappa shape index (κ3) is 4.57. The van der Waals surface area contributed by atoms with Gasteiger partial charge < -0.3 is 10.1 Å². The molecule has 1 aliphatic rings. The number of nitrogens with one attached hydrogen (secondary N) is 1. The van der Waals surface area contributed by atoms with Crippen LogP contribution in [0.4, 0.5) is 5.69 Å². The molecule has 0 spiro atoms. The summed E-state index contributed by atoms with van der Waals surface area (Å²) in [5.41, 5.74) is 1.63. The first-order valence-electron chi connectivity index (χ1n) is 9.21. The van der Waals surface area contributed by atoms with E-state index in [1.165, 1.54) is 0 Å². The number of amides is 1. The number of carbonyl (C=O) groups excluding carboxylic acids is 1. The summed E-state index contributed by atoms with van der Waals surface area (Å²) in [6, 6.07) is 15.0. The standard InChI is InChI=1S/C21H25ClN2O2/c1-2-14-26-19-11-10-17(22)15-18(19)23-21(25)20(24-12-6-7-13-24)16-8-4-3-5-9-16/h3-5,8-11,15,20H,2,6-7,12-14H2,1H3,(H,23,25). The Morgan fingerprint density at radius 1 is 1.19 bits per heavy atom. The predicted molar refractivity (Wildman–Crippen MR) is 106 cm³/mol. The molecule has 0 aliphatic carbocycles. The topological polar surface area (TPSA) is 41.6 Å². The van der Waals surface area contributed by atoms with Crippen molar-refractivity contribution in [3.8, 4) is 5.75 Å². The van der Waals surface area contributed by atoms with E-state index in [4.69, 9.17) is 16.3 Å². The minimum Gasteiger partial charge on any atom is -0.491 e. The Labute approximate surface area is 160 Å². The van der Waals surface area contributed by atoms with Gasteiger partial charge in [-0.05, 0) is 56.1 Å². The molecule has 2 aromatic carbocycles. The zero-order chi connectivity index (χ0) is 18.4. The maximum Gasteiger partial charge on any atom is 0.246 e. The van der Waals surface area contributed by atoms with Crippen LogP contribution < -0.4 is 10.1 Å². The van der Waals surface area contributed by atoms with Crippen molar-refractivity contribution in [2.24, 2.45) is 0 Å². The molecule has 0 saturated carbocycles. The van der Waals surface area contributed by atoms with Crippen molar-refractivity contribution in [2.75, 3.05) is 25.0 Å². The minimum absolute atomic E-state index is 0.0540. The van der Waals surface area contributed by atoms with Crippen LogP contribution in [0.5, 0.6) is 5.75 Å². The van der Waals surface area contributed by atoms with Crippen LogP contribution in [0, 0.1) is 0 Å². The average Bonchev–Trinajstić information content (AvgIpc) is 3.16. The number of carbonyl (C=O) groups is 1. The van der Waals surface area contributed by atoms with E-state index in [1.54, 1.807) is 18.2 Å². The van der Waals surface area contributed by atoms with Crippen LogP contribution in [0.2, 0.25) is 5.02 Å². The highest BCUT2D eigenvalue weighted by atomic mass is 35.5. The number of hydrogen-bond acceptors (Lipinski definition) is 3. The van der Waals surface area contributed by atoms with E-state index in [-0.39, 0.29) is 11.9 Å². The van der Waals surface area contributed by atoms with E-state index in [0.717, 1.165) is 37.9 Å². The fraction of sp³-hybridized carbons (Fsp3) is 0.381. The first-order chi connectivity index (χ1) is 12.7. The Hall–Kier alpha value is -2.04. The second-order valence-electron chi connectivity index (χ2n) is 6.53. The molecule has 2 aromatic rings. The van der Waals surface area contributed by atoms with Crippen LogP contribution >= 0.6 is 11.6 Å². The molecule has 1 fully saturated rings. The smallest absolute Gasteiger partial charge is 0.246 e. The van der Waals surface area contributed by atoms with Crippen molar-refractivity contribution in [1.82, 2.24) is 4.90 Å². The maximum absolute atomic E-state index is 13.2. The highest BCUT2D eigenvalue weighted by Crippen LogP contribution is 2.31. The van der Waals surface area contributed by atoms with Crippen molar-refractivity contribution in [1.29, 1.82) is 0 Å². The van der Waals surface area contributed by atoms with Crippen LogP contribution in [-0.4, -0.2) is 30.5 Å². The summed E-state index contributed by atoms with van der Waals surface area (Å²) in [4.78, 5) is 15.4. The molecule has 3 rings (SSSR count). The second kappa shape index (κ2) is 9.06. The molecule has 1 atom stereocenters. The number of rotatable bonds is 7. The molecule has 1 aliphatic heterocycles. The normalized spacial score (nSPS) is 15.6. The van der Waals surface area contributed by atoms with Gasteiger partial charge in [-0.2, -0.15) is 0 Å². The van der Waals surface area contributed by atoms with Gasteiger partial charge in [0.2, 0.25) is 5.91 Å². The highest BCUT2D eigenvalue weighted by Gasteiger charge is 2.30. The summed E-state index contributed by atoms with van der Waals surface area (Å²) in [5.74, 6) is 0.597. The zero-order valence-electron chi connectivity index (χ0n) is 15.1. The molecule has 0 radical (unpaired) electrons. The van der Waals surface area contributed by atoms with Crippen molar-refractivity contribution >= 4 is 23.2 Å². The van der Waals surface area contributed by atoms with Gasteiger partial charge in [0.25, 0.3) is 0 Å². The van der Waals surface area contributed by atoms with Gasteiger partial charge in [0.15, 0.2) is 0 Å². The van der Waals surface area contributed by atoms with E-state index in [9.17, 15) is 4.79 Å². The molecule has 4 nitrogen and oxygen atoms in total. The molecular formula is C21H25ClN2O2. The molecule has 1 saturated heterocycles. The van der Waals surface area contributed by atoms with Crippen molar-refractivity contribution in [3.63, 3.8) is 0 Å². The molecule has 0 bridgehead atoms. The van der Waals surface area contributed by atoms with E-state index >= 15 is 0 Å². The molecule has 1 N–H and O–H groups in total. The summed E-state index contributed by atoms with van der Waals surface area (Å²) in [7, 11) is 0. The fourth-order valence-corrected chi connectivity index (χ4v) is 3.47. The summed E-state index contributed by atoms with van der Waals surface area (Å²) >= 11 is 6.14. The molecule has 5 heteroatoms. The quantitative estimate of drug-likeness (QED) is 0.751. The van der Waals surface area contributed by atoms with Gasteiger partial charge in [-0.15, -0.1) is 0 Å². The van der Waals surface area contributed by atoms with E-state index in [1.807, 2.05) is 37.3 Å². The third-order valence-corrected chi connectivity index (χ3v) is 4.77. The SMILES string of the molecule is CCCOc1ccc(Cl)cc1NC(=O)C(c1ccccc1)N1CCCC1. The number of hydrogen-bond donors (Lipinski definition) is 1. The van der Waals surface area contributed by atoms with E-state index in [2.05, 4.69) is 10.2 Å². The monoisotopic (exact) mass is 372 g/mol. The number of benzene rings is 2. The van der Waals surface area contributed by atoms with Gasteiger partial charge >= 0.3 is 0 Å². The second-order valence-corrected chi connectivity index (χ2v) is 6.97. The van der Waals surface area contributed by atoms with Gasteiger partial charge in [-0.1, -0.05) is 48.9 Å². The van der Waals surface area contributed by atoms with Crippen LogP contribution in [0.1, 0.15) is 37.8 Å². The number of ether oxygens (including phenoxy) is 1. The van der Waals surface area contributed by atoms with Gasteiger partial charge in [0, 0.05) is 5.02 Å². The lowest BCUT2D eigenvalue weighted by atomic mass is 10.0. The highest BCUT2D eigenvalue weighted by molar-refractivity contribution is 6.31. The lowest BCUT2D eigenvalue weighted by molar-refractivity contribution is -0.121. The molecular weight excluding hydrogens is 348 g/mol. The average molecular weight is 373 g/mol. The van der Waals surface area contributed by atoms with E-state index < -0.39 is 0 Å². The van der Waals surface area contributed by atoms with Crippen LogP contribution in [-0.2, 0) is 4.79 Å². The Morgan fingerprint density at radius 2 is 1.92 bits per heavy atom. The summed E-state index contributed by atoms with van der Waals surface area (Å²) in [5, 5.41) is 3.62. The summed E-state index contributed by atoms with van der Waals surface area (Å²) in [6.45, 7) is 4.51. The number of likely N-dealkylation sites (tertiary alicyclic amines) is 1. The zero-order valence-corrected chi connectivity index (χ0v) is 15.8. The number of anilines is 1. The minimum atomic E-state index is -0.309. The Bertz CT molecular complexity index is 730. The van der Waals surface area contributed by atoms with Crippen molar-refractivity contribution in [2.45, 2.75) is 32.2 Å². The van der Waals surface area contributed by atoms with Crippen LogP contribution in [0.15, 0.2) is 48.5 Å². The van der Waals surface area contributed by atoms with E-state index in [0.29, 0.717) is 23.1 Å². The maximum atomic E-state index is 13.2. The summed E-state index contributed by atoms with van der Waals surface area (Å²) < 4.78 is 5.77. The first kappa shape index (κ1) is 18.7. The predicted octanol–water partition coefficient (Wildman–Crippen LogP) is 4.90. The lowest BCUT2D eigenvalue weighted by Crippen LogP contribution is -2.35. The van der Waals surface area contributed by atoms with Gasteiger partial charge in [-0.3, -0.25) is 9.69 Å². The number of nitrogens with zero attached hydrogens (tertiary/aromatic N) is 1. The molecule has 1 amide bonds. The molecule has 1 unspecified atom stereocenters. The van der Waals surface area contributed by atoms with Crippen molar-refractivity contribution < 1.29 is 9.53 Å². The molecule has 1 heterocycles. The summed E-state index contributed by atoms with van der Waals surface area (Å²) in [6.07, 6.45) is 3.15. The fourth-order valence-electron chi connectivity index (χ4n) is 3.30. The van der Waals surface area contributed by atoms with Gasteiger partial charge in [0.1, 0.15) is 11.8 Å². The Morgan fingerprint density at radius 3 is 2.62 bits per heavy atom. The lowest BCUT2D eigenvalue weighted by Gasteiger charge is -2.27. The van der Waals surface area contributed by atoms with Crippen LogP contribution in [0.25, 0.3) is 0 Å². The molecule has 138 valence electrons. The first-order valence-corrected chi connectivity index (χ1v) is 9.59. The van der Waals surface area contributed by atoms with Gasteiger partial charge in [0.05, 0.1) is 12.3 Å². The Balaban J connectivity index is 1.85. The largest absolute Gasteiger partial charge is 0.491 e. The number of halogens is 1. The molecule has 26 heavy (non-hydrogen) atoms. The van der Waals surface area contributed by atoms with Crippen LogP contribution in [0.3, 0.4) is 0 Å². The third-order valence-electron chi connectivity index (χ3n) is 4.53. The van der Waals surface area contributed by atoms with Gasteiger partial charge in [-0.25, -0.2) is 0 Å².